The van der Waals surface area contributed by atoms with Gasteiger partial charge >= 0.3 is 0 Å². The Kier molecular flexibility index (Phi) is 5.55. The molecule has 1 unspecified atom stereocenters. The van der Waals surface area contributed by atoms with Gasteiger partial charge in [0.2, 0.25) is 5.56 Å². The topological polar surface area (TPSA) is 74.7 Å². The first-order valence-electron chi connectivity index (χ1n) is 12.1. The molecule has 3 heterocycles. The summed E-state index contributed by atoms with van der Waals surface area (Å²) in [6.45, 7) is 2.50. The fraction of sp³-hybridized carbons (Fsp3) is 0.200. The summed E-state index contributed by atoms with van der Waals surface area (Å²) in [5, 5.41) is 13.9. The molecular weight excluding hydrogens is 472 g/mol. The number of aliphatic imine (C=N–C) groups is 1. The standard InChI is InChI=1S/C30H25ClN2O3/c1-18-11-23(17-32-16-18)30(35)21-6-8-27-25(13-21)24(15-29(34)33-27)20-4-2-3-19(12-20)9-10-36-28-14-22(30)5-7-26(28)31/h2-8,12-18,35H,9-11H2,1H3,(H,33,34)/t18?,30-/m0/s1. The van der Waals surface area contributed by atoms with Crippen LogP contribution in [0.3, 0.4) is 0 Å². The molecule has 0 spiro atoms. The number of pyridine rings is 1. The van der Waals surface area contributed by atoms with Gasteiger partial charge in [0.25, 0.3) is 0 Å². The van der Waals surface area contributed by atoms with Crippen LogP contribution in [0.2, 0.25) is 5.02 Å². The van der Waals surface area contributed by atoms with Crippen LogP contribution in [0.25, 0.3) is 22.0 Å². The minimum absolute atomic E-state index is 0.171. The number of benzene rings is 3. The molecule has 3 aromatic carbocycles. The SMILES string of the molecule is CC1C=NC=C([C@@]2(O)c3ccc(Cl)c(c3)OCCc3cccc(c3)-c3cc(=O)[nH]c4ccc2cc34)C1. The first-order chi connectivity index (χ1) is 17.4. The molecule has 4 aromatic rings. The number of aromatic nitrogens is 1. The minimum Gasteiger partial charge on any atom is -0.492 e. The summed E-state index contributed by atoms with van der Waals surface area (Å²) >= 11 is 6.50. The summed E-state index contributed by atoms with van der Waals surface area (Å²) in [5.74, 6) is 0.708. The predicted octanol–water partition coefficient (Wildman–Crippen LogP) is 6.01. The second-order valence-electron chi connectivity index (χ2n) is 9.60. The van der Waals surface area contributed by atoms with E-state index in [0.29, 0.717) is 46.9 Å². The molecule has 2 aliphatic rings. The maximum atomic E-state index is 12.6. The molecule has 2 N–H and O–H groups in total. The van der Waals surface area contributed by atoms with Crippen molar-refractivity contribution in [1.29, 1.82) is 0 Å². The van der Waals surface area contributed by atoms with Gasteiger partial charge in [0.1, 0.15) is 11.4 Å². The van der Waals surface area contributed by atoms with Gasteiger partial charge in [-0.15, -0.1) is 0 Å². The number of nitrogens with zero attached hydrogens (tertiary/aromatic N) is 1. The van der Waals surface area contributed by atoms with Crippen LogP contribution >= 0.6 is 11.6 Å². The van der Waals surface area contributed by atoms with E-state index >= 15 is 0 Å². The Morgan fingerprint density at radius 3 is 2.78 bits per heavy atom. The molecule has 180 valence electrons. The molecule has 2 atom stereocenters. The summed E-state index contributed by atoms with van der Waals surface area (Å²) in [6, 6.07) is 20.9. The second kappa shape index (κ2) is 8.77. The van der Waals surface area contributed by atoms with Crippen molar-refractivity contribution in [2.45, 2.75) is 25.4 Å². The Labute approximate surface area is 213 Å². The van der Waals surface area contributed by atoms with Gasteiger partial charge < -0.3 is 14.8 Å². The average Bonchev–Trinajstić information content (AvgIpc) is 2.88. The van der Waals surface area contributed by atoms with Crippen molar-refractivity contribution in [1.82, 2.24) is 4.98 Å². The fourth-order valence-electron chi connectivity index (χ4n) is 5.24. The number of ether oxygens (including phenoxy) is 1. The molecule has 0 saturated heterocycles. The number of rotatable bonds is 1. The zero-order valence-corrected chi connectivity index (χ0v) is 20.5. The average molecular weight is 497 g/mol. The lowest BCUT2D eigenvalue weighted by Crippen LogP contribution is -2.32. The van der Waals surface area contributed by atoms with Crippen LogP contribution in [-0.4, -0.2) is 22.9 Å². The second-order valence-corrected chi connectivity index (χ2v) is 10.0. The molecule has 0 radical (unpaired) electrons. The number of halogens is 1. The van der Waals surface area contributed by atoms with E-state index in [1.165, 1.54) is 0 Å². The minimum atomic E-state index is -1.47. The lowest BCUT2D eigenvalue weighted by Gasteiger charge is -2.34. The number of H-pyrrole nitrogens is 1. The maximum Gasteiger partial charge on any atom is 0.249 e. The van der Waals surface area contributed by atoms with Crippen molar-refractivity contribution in [3.05, 3.63) is 111 Å². The molecule has 36 heavy (non-hydrogen) atoms. The van der Waals surface area contributed by atoms with Gasteiger partial charge in [-0.2, -0.15) is 0 Å². The first kappa shape index (κ1) is 22.8. The third kappa shape index (κ3) is 3.85. The summed E-state index contributed by atoms with van der Waals surface area (Å²) < 4.78 is 6.11. The predicted molar refractivity (Wildman–Crippen MR) is 144 cm³/mol. The van der Waals surface area contributed by atoms with Crippen LogP contribution in [0.4, 0.5) is 0 Å². The quantitative estimate of drug-likeness (QED) is 0.338. The van der Waals surface area contributed by atoms with E-state index < -0.39 is 5.60 Å². The Hall–Kier alpha value is -3.67. The number of aliphatic hydroxyl groups is 1. The van der Waals surface area contributed by atoms with Gasteiger partial charge in [-0.3, -0.25) is 9.79 Å². The van der Waals surface area contributed by atoms with Crippen LogP contribution in [0.1, 0.15) is 30.0 Å². The molecule has 0 fully saturated rings. The summed E-state index contributed by atoms with van der Waals surface area (Å²) in [6.07, 6.45) is 4.96. The highest BCUT2D eigenvalue weighted by Gasteiger charge is 2.38. The van der Waals surface area contributed by atoms with Crippen LogP contribution in [0, 0.1) is 5.92 Å². The van der Waals surface area contributed by atoms with E-state index in [4.69, 9.17) is 16.3 Å². The Balaban J connectivity index is 1.69. The molecule has 6 bridgehead atoms. The van der Waals surface area contributed by atoms with Crippen molar-refractivity contribution < 1.29 is 9.84 Å². The summed E-state index contributed by atoms with van der Waals surface area (Å²) in [5.41, 5.74) is 4.04. The maximum absolute atomic E-state index is 12.6. The lowest BCUT2D eigenvalue weighted by atomic mass is 9.76. The monoisotopic (exact) mass is 496 g/mol. The van der Waals surface area contributed by atoms with Crippen molar-refractivity contribution >= 4 is 28.7 Å². The van der Waals surface area contributed by atoms with E-state index in [-0.39, 0.29) is 11.5 Å². The highest BCUT2D eigenvalue weighted by Crippen LogP contribution is 2.44. The van der Waals surface area contributed by atoms with Crippen LogP contribution in [0.5, 0.6) is 5.75 Å². The van der Waals surface area contributed by atoms with E-state index in [1.807, 2.05) is 54.7 Å². The van der Waals surface area contributed by atoms with E-state index in [9.17, 15) is 9.90 Å². The van der Waals surface area contributed by atoms with E-state index in [0.717, 1.165) is 27.6 Å². The van der Waals surface area contributed by atoms with Gasteiger partial charge in [0, 0.05) is 35.8 Å². The van der Waals surface area contributed by atoms with Crippen molar-refractivity contribution in [3.63, 3.8) is 0 Å². The van der Waals surface area contributed by atoms with Gasteiger partial charge in [-0.1, -0.05) is 54.9 Å². The Bertz CT molecular complexity index is 1620. The zero-order chi connectivity index (χ0) is 24.9. The zero-order valence-electron chi connectivity index (χ0n) is 19.8. The molecule has 0 amide bonds. The normalized spacial score (nSPS) is 21.1. The number of hydrogen-bond acceptors (Lipinski definition) is 4. The van der Waals surface area contributed by atoms with Crippen molar-refractivity contribution in [2.75, 3.05) is 6.61 Å². The van der Waals surface area contributed by atoms with E-state index in [2.05, 4.69) is 23.0 Å². The number of nitrogens with one attached hydrogen (secondary N) is 1. The summed E-state index contributed by atoms with van der Waals surface area (Å²) in [7, 11) is 0. The number of fused-ring (bicyclic) bond motifs is 6. The molecular formula is C30H25ClN2O3. The number of aromatic amines is 1. The molecule has 6 rings (SSSR count). The largest absolute Gasteiger partial charge is 0.492 e. The third-order valence-corrected chi connectivity index (χ3v) is 7.39. The fourth-order valence-corrected chi connectivity index (χ4v) is 5.41. The Morgan fingerprint density at radius 1 is 1.08 bits per heavy atom. The highest BCUT2D eigenvalue weighted by molar-refractivity contribution is 6.32. The molecule has 2 aliphatic heterocycles. The first-order valence-corrected chi connectivity index (χ1v) is 12.4. The van der Waals surface area contributed by atoms with Gasteiger partial charge in [0.05, 0.1) is 11.6 Å². The molecule has 0 aliphatic carbocycles. The van der Waals surface area contributed by atoms with Gasteiger partial charge in [-0.25, -0.2) is 0 Å². The highest BCUT2D eigenvalue weighted by atomic mass is 35.5. The summed E-state index contributed by atoms with van der Waals surface area (Å²) in [4.78, 5) is 19.9. The molecule has 5 nitrogen and oxygen atoms in total. The van der Waals surface area contributed by atoms with Crippen LogP contribution in [0.15, 0.2) is 88.3 Å². The smallest absolute Gasteiger partial charge is 0.249 e. The van der Waals surface area contributed by atoms with E-state index in [1.54, 1.807) is 18.3 Å². The molecule has 6 heteroatoms. The van der Waals surface area contributed by atoms with Crippen molar-refractivity contribution in [3.8, 4) is 16.9 Å². The van der Waals surface area contributed by atoms with Crippen LogP contribution in [-0.2, 0) is 12.0 Å². The third-order valence-electron chi connectivity index (χ3n) is 7.07. The number of hydrogen-bond donors (Lipinski definition) is 2. The van der Waals surface area contributed by atoms with Gasteiger partial charge in [0.15, 0.2) is 0 Å². The molecule has 1 aromatic heterocycles. The van der Waals surface area contributed by atoms with Crippen LogP contribution < -0.4 is 10.3 Å². The van der Waals surface area contributed by atoms with Crippen molar-refractivity contribution in [2.24, 2.45) is 10.9 Å². The Morgan fingerprint density at radius 2 is 1.92 bits per heavy atom. The molecule has 0 saturated carbocycles. The lowest BCUT2D eigenvalue weighted by molar-refractivity contribution is 0.114. The van der Waals surface area contributed by atoms with Gasteiger partial charge in [-0.05, 0) is 70.0 Å².